The van der Waals surface area contributed by atoms with Crippen molar-refractivity contribution in [3.8, 4) is 23.0 Å². The summed E-state index contributed by atoms with van der Waals surface area (Å²) >= 11 is 0. The van der Waals surface area contributed by atoms with Gasteiger partial charge >= 0.3 is 0 Å². The van der Waals surface area contributed by atoms with Gasteiger partial charge in [-0.15, -0.1) is 0 Å². The van der Waals surface area contributed by atoms with Gasteiger partial charge in [0.05, 0.1) is 13.2 Å². The van der Waals surface area contributed by atoms with Crippen LogP contribution in [-0.2, 0) is 4.74 Å². The lowest BCUT2D eigenvalue weighted by atomic mass is 10.0. The maximum absolute atomic E-state index is 11.1. The molecule has 0 amide bonds. The van der Waals surface area contributed by atoms with Crippen molar-refractivity contribution in [3.63, 3.8) is 0 Å². The first-order chi connectivity index (χ1) is 13.7. The van der Waals surface area contributed by atoms with E-state index >= 15 is 0 Å². The van der Waals surface area contributed by atoms with Crippen molar-refractivity contribution in [3.05, 3.63) is 48.5 Å². The fourth-order valence-corrected chi connectivity index (χ4v) is 2.98. The van der Waals surface area contributed by atoms with Crippen LogP contribution >= 0.6 is 0 Å². The minimum Gasteiger partial charge on any atom is -0.487 e. The van der Waals surface area contributed by atoms with Crippen molar-refractivity contribution >= 4 is 0 Å². The van der Waals surface area contributed by atoms with E-state index in [1.807, 2.05) is 55.5 Å². The maximum Gasteiger partial charge on any atom is 0.161 e. The lowest BCUT2D eigenvalue weighted by Gasteiger charge is -2.28. The smallest absolute Gasteiger partial charge is 0.161 e. The van der Waals surface area contributed by atoms with Crippen LogP contribution in [0, 0.1) is 0 Å². The summed E-state index contributed by atoms with van der Waals surface area (Å²) in [6.45, 7) is 3.90. The molecule has 0 aromatic heterocycles. The SMILES string of the molecule is CCCC1(O)COc2ccccc2OCCOCCOc2ccccc2OC1. The second-order valence-electron chi connectivity index (χ2n) is 6.75. The highest BCUT2D eigenvalue weighted by Crippen LogP contribution is 2.30. The highest BCUT2D eigenvalue weighted by atomic mass is 16.6. The fourth-order valence-electron chi connectivity index (χ4n) is 2.98. The third kappa shape index (κ3) is 5.78. The molecule has 2 aromatic carbocycles. The Morgan fingerprint density at radius 2 is 1.14 bits per heavy atom. The molecular formula is C22H28O6. The zero-order chi connectivity index (χ0) is 19.7. The number of hydrogen-bond donors (Lipinski definition) is 1. The predicted molar refractivity (Wildman–Crippen MR) is 106 cm³/mol. The number of aliphatic hydroxyl groups is 1. The van der Waals surface area contributed by atoms with E-state index < -0.39 is 5.60 Å². The molecule has 3 rings (SSSR count). The average Bonchev–Trinajstić information content (AvgIpc) is 2.71. The number of fused-ring (bicyclic) bond motifs is 2. The van der Waals surface area contributed by atoms with E-state index in [0.29, 0.717) is 55.8 Å². The predicted octanol–water partition coefficient (Wildman–Crippen LogP) is 3.46. The van der Waals surface area contributed by atoms with Gasteiger partial charge in [-0.25, -0.2) is 0 Å². The van der Waals surface area contributed by atoms with Crippen LogP contribution in [-0.4, -0.2) is 50.3 Å². The van der Waals surface area contributed by atoms with Crippen LogP contribution < -0.4 is 18.9 Å². The quantitative estimate of drug-likeness (QED) is 0.850. The Morgan fingerprint density at radius 3 is 1.57 bits per heavy atom. The van der Waals surface area contributed by atoms with Crippen molar-refractivity contribution in [2.75, 3.05) is 39.6 Å². The first-order valence-electron chi connectivity index (χ1n) is 9.69. The summed E-state index contributed by atoms with van der Waals surface area (Å²) in [4.78, 5) is 0. The third-order valence-corrected chi connectivity index (χ3v) is 4.38. The van der Waals surface area contributed by atoms with Crippen molar-refractivity contribution in [2.24, 2.45) is 0 Å². The van der Waals surface area contributed by atoms with E-state index in [0.717, 1.165) is 6.42 Å². The second kappa shape index (κ2) is 10.2. The first-order valence-corrected chi connectivity index (χ1v) is 9.69. The molecule has 1 N–H and O–H groups in total. The van der Waals surface area contributed by atoms with Gasteiger partial charge < -0.3 is 28.8 Å². The molecule has 0 bridgehead atoms. The van der Waals surface area contributed by atoms with Gasteiger partial charge in [0.2, 0.25) is 0 Å². The molecule has 0 atom stereocenters. The van der Waals surface area contributed by atoms with Crippen molar-refractivity contribution in [1.82, 2.24) is 0 Å². The largest absolute Gasteiger partial charge is 0.487 e. The molecule has 1 aliphatic rings. The van der Waals surface area contributed by atoms with Gasteiger partial charge in [0, 0.05) is 0 Å². The topological polar surface area (TPSA) is 66.4 Å². The summed E-state index contributed by atoms with van der Waals surface area (Å²) < 4.78 is 28.9. The molecule has 1 aliphatic heterocycles. The molecule has 2 aromatic rings. The van der Waals surface area contributed by atoms with Crippen LogP contribution in [0.3, 0.4) is 0 Å². The Balaban J connectivity index is 1.79. The Hall–Kier alpha value is -2.44. The van der Waals surface area contributed by atoms with Crippen LogP contribution in [0.25, 0.3) is 0 Å². The summed E-state index contributed by atoms with van der Waals surface area (Å²) in [5, 5.41) is 11.1. The molecule has 6 nitrogen and oxygen atoms in total. The van der Waals surface area contributed by atoms with Gasteiger partial charge in [-0.1, -0.05) is 37.6 Å². The minimum absolute atomic E-state index is 0.0980. The molecule has 0 saturated heterocycles. The third-order valence-electron chi connectivity index (χ3n) is 4.38. The number of para-hydroxylation sites is 4. The van der Waals surface area contributed by atoms with E-state index in [1.165, 1.54) is 0 Å². The van der Waals surface area contributed by atoms with Crippen molar-refractivity contribution in [1.29, 1.82) is 0 Å². The summed E-state index contributed by atoms with van der Waals surface area (Å²) in [5.41, 5.74) is -1.13. The summed E-state index contributed by atoms with van der Waals surface area (Å²) in [5.74, 6) is 2.43. The highest BCUT2D eigenvalue weighted by molar-refractivity contribution is 5.40. The monoisotopic (exact) mass is 388 g/mol. The lowest BCUT2D eigenvalue weighted by Crippen LogP contribution is -2.42. The number of ether oxygens (including phenoxy) is 5. The van der Waals surface area contributed by atoms with Crippen LogP contribution in [0.15, 0.2) is 48.5 Å². The number of hydrogen-bond acceptors (Lipinski definition) is 6. The van der Waals surface area contributed by atoms with Crippen molar-refractivity contribution < 1.29 is 28.8 Å². The van der Waals surface area contributed by atoms with Crippen LogP contribution in [0.5, 0.6) is 23.0 Å². The molecule has 152 valence electrons. The van der Waals surface area contributed by atoms with Gasteiger partial charge in [-0.3, -0.25) is 0 Å². The Morgan fingerprint density at radius 1 is 0.714 bits per heavy atom. The Labute approximate surface area is 165 Å². The van der Waals surface area contributed by atoms with Crippen LogP contribution in [0.4, 0.5) is 0 Å². The highest BCUT2D eigenvalue weighted by Gasteiger charge is 2.29. The molecule has 0 spiro atoms. The molecule has 0 radical (unpaired) electrons. The minimum atomic E-state index is -1.13. The number of rotatable bonds is 2. The van der Waals surface area contributed by atoms with Crippen molar-refractivity contribution in [2.45, 2.75) is 25.4 Å². The second-order valence-corrected chi connectivity index (χ2v) is 6.75. The molecule has 6 heteroatoms. The first kappa shape index (κ1) is 20.3. The summed E-state index contributed by atoms with van der Waals surface area (Å²) in [6.07, 6.45) is 1.35. The van der Waals surface area contributed by atoms with Crippen LogP contribution in [0.2, 0.25) is 0 Å². The summed E-state index contributed by atoms with van der Waals surface area (Å²) in [6, 6.07) is 14.9. The van der Waals surface area contributed by atoms with Gasteiger partial charge in [-0.2, -0.15) is 0 Å². The van der Waals surface area contributed by atoms with Gasteiger partial charge in [0.1, 0.15) is 32.0 Å². The zero-order valence-corrected chi connectivity index (χ0v) is 16.3. The zero-order valence-electron chi connectivity index (χ0n) is 16.3. The molecular weight excluding hydrogens is 360 g/mol. The number of benzene rings is 2. The Bertz CT molecular complexity index is 677. The standard InChI is InChI=1S/C22H28O6/c1-2-11-22(23)16-27-20-9-5-3-7-18(20)25-14-12-24-13-15-26-19-8-4-6-10-21(19)28-17-22/h3-10,23H,2,11-17H2,1H3. The van der Waals surface area contributed by atoms with Gasteiger partial charge in [0.25, 0.3) is 0 Å². The van der Waals surface area contributed by atoms with E-state index in [1.54, 1.807) is 0 Å². The molecule has 0 saturated carbocycles. The van der Waals surface area contributed by atoms with E-state index in [9.17, 15) is 5.11 Å². The molecule has 0 unspecified atom stereocenters. The summed E-state index contributed by atoms with van der Waals surface area (Å²) in [7, 11) is 0. The molecule has 0 aliphatic carbocycles. The van der Waals surface area contributed by atoms with Gasteiger partial charge in [-0.05, 0) is 30.7 Å². The lowest BCUT2D eigenvalue weighted by molar-refractivity contribution is -0.0475. The molecule has 0 fully saturated rings. The Kier molecular flexibility index (Phi) is 7.39. The molecule has 28 heavy (non-hydrogen) atoms. The van der Waals surface area contributed by atoms with E-state index in [-0.39, 0.29) is 13.2 Å². The molecule has 1 heterocycles. The normalized spacial score (nSPS) is 17.6. The maximum atomic E-state index is 11.1. The van der Waals surface area contributed by atoms with E-state index in [4.69, 9.17) is 23.7 Å². The van der Waals surface area contributed by atoms with Gasteiger partial charge in [0.15, 0.2) is 23.0 Å². The van der Waals surface area contributed by atoms with Crippen LogP contribution in [0.1, 0.15) is 19.8 Å². The van der Waals surface area contributed by atoms with E-state index in [2.05, 4.69) is 0 Å². The fraction of sp³-hybridized carbons (Fsp3) is 0.455. The average molecular weight is 388 g/mol.